The number of carbonyl (C=O) groups is 1. The summed E-state index contributed by atoms with van der Waals surface area (Å²) in [6, 6.07) is 3.76. The summed E-state index contributed by atoms with van der Waals surface area (Å²) in [4.78, 5) is 14.7. The molecule has 1 aliphatic heterocycles. The standard InChI is InChI=1S/C17H25BrN2O3/c1-4-5-23-16-14(18)7-13(8-15(16)22-3)17(21)20-10-12(9-19)6-11(20)2/h7-8,11-12H,4-6,9-10,19H2,1-3H3. The lowest BCUT2D eigenvalue weighted by molar-refractivity contribution is 0.0743. The van der Waals surface area contributed by atoms with Crippen molar-refractivity contribution >= 4 is 21.8 Å². The summed E-state index contributed by atoms with van der Waals surface area (Å²) in [6.45, 7) is 6.04. The Labute approximate surface area is 146 Å². The summed E-state index contributed by atoms with van der Waals surface area (Å²) in [6.07, 6.45) is 1.86. The highest BCUT2D eigenvalue weighted by Crippen LogP contribution is 2.37. The highest BCUT2D eigenvalue weighted by Gasteiger charge is 2.32. The molecule has 1 saturated heterocycles. The molecule has 0 saturated carbocycles. The van der Waals surface area contributed by atoms with Crippen LogP contribution >= 0.6 is 15.9 Å². The number of amides is 1. The van der Waals surface area contributed by atoms with Crippen LogP contribution in [0, 0.1) is 5.92 Å². The molecule has 0 aliphatic carbocycles. The summed E-state index contributed by atoms with van der Waals surface area (Å²) in [5.41, 5.74) is 6.35. The van der Waals surface area contributed by atoms with Crippen LogP contribution in [0.4, 0.5) is 0 Å². The van der Waals surface area contributed by atoms with Crippen LogP contribution in [-0.4, -0.2) is 43.7 Å². The number of halogens is 1. The lowest BCUT2D eigenvalue weighted by Crippen LogP contribution is -2.34. The first-order chi connectivity index (χ1) is 11.0. The van der Waals surface area contributed by atoms with E-state index in [4.69, 9.17) is 15.2 Å². The zero-order chi connectivity index (χ0) is 17.0. The van der Waals surface area contributed by atoms with Crippen LogP contribution in [-0.2, 0) is 0 Å². The molecule has 1 heterocycles. The largest absolute Gasteiger partial charge is 0.493 e. The van der Waals surface area contributed by atoms with Gasteiger partial charge >= 0.3 is 0 Å². The third kappa shape index (κ3) is 3.98. The molecule has 1 fully saturated rings. The Hall–Kier alpha value is -1.27. The van der Waals surface area contributed by atoms with E-state index in [0.717, 1.165) is 17.3 Å². The molecule has 23 heavy (non-hydrogen) atoms. The van der Waals surface area contributed by atoms with Crippen molar-refractivity contribution in [2.75, 3.05) is 26.8 Å². The van der Waals surface area contributed by atoms with Crippen molar-refractivity contribution in [2.24, 2.45) is 11.7 Å². The Bertz CT molecular complexity index is 565. The molecule has 1 aromatic carbocycles. The maximum Gasteiger partial charge on any atom is 0.254 e. The fourth-order valence-corrected chi connectivity index (χ4v) is 3.51. The quantitative estimate of drug-likeness (QED) is 0.818. The van der Waals surface area contributed by atoms with Crippen LogP contribution in [0.25, 0.3) is 0 Å². The fourth-order valence-electron chi connectivity index (χ4n) is 2.95. The summed E-state index contributed by atoms with van der Waals surface area (Å²) in [5.74, 6) is 1.60. The number of benzene rings is 1. The summed E-state index contributed by atoms with van der Waals surface area (Å²) in [7, 11) is 1.58. The predicted molar refractivity (Wildman–Crippen MR) is 94.1 cm³/mol. The van der Waals surface area contributed by atoms with E-state index in [0.29, 0.717) is 42.7 Å². The van der Waals surface area contributed by atoms with Gasteiger partial charge in [0, 0.05) is 18.2 Å². The Morgan fingerprint density at radius 3 is 2.78 bits per heavy atom. The zero-order valence-electron chi connectivity index (χ0n) is 14.0. The van der Waals surface area contributed by atoms with E-state index in [1.807, 2.05) is 11.8 Å². The number of hydrogen-bond acceptors (Lipinski definition) is 4. The van der Waals surface area contributed by atoms with Gasteiger partial charge < -0.3 is 20.1 Å². The van der Waals surface area contributed by atoms with Crippen molar-refractivity contribution < 1.29 is 14.3 Å². The van der Waals surface area contributed by atoms with E-state index in [1.54, 1.807) is 19.2 Å². The molecule has 128 valence electrons. The number of nitrogens with two attached hydrogens (primary N) is 1. The van der Waals surface area contributed by atoms with E-state index >= 15 is 0 Å². The predicted octanol–water partition coefficient (Wildman–Crippen LogP) is 3.06. The molecule has 1 aliphatic rings. The van der Waals surface area contributed by atoms with Gasteiger partial charge in [0.05, 0.1) is 18.2 Å². The molecular formula is C17H25BrN2O3. The van der Waals surface area contributed by atoms with E-state index in [9.17, 15) is 4.79 Å². The van der Waals surface area contributed by atoms with Gasteiger partial charge in [-0.05, 0) is 60.3 Å². The maximum absolute atomic E-state index is 12.8. The molecule has 1 aromatic rings. The number of carbonyl (C=O) groups excluding carboxylic acids is 1. The van der Waals surface area contributed by atoms with Gasteiger partial charge in [0.25, 0.3) is 5.91 Å². The van der Waals surface area contributed by atoms with Crippen molar-refractivity contribution in [2.45, 2.75) is 32.7 Å². The highest BCUT2D eigenvalue weighted by atomic mass is 79.9. The fraction of sp³-hybridized carbons (Fsp3) is 0.588. The van der Waals surface area contributed by atoms with Crippen LogP contribution in [0.3, 0.4) is 0 Å². The van der Waals surface area contributed by atoms with Gasteiger partial charge in [-0.15, -0.1) is 0 Å². The van der Waals surface area contributed by atoms with E-state index in [-0.39, 0.29) is 11.9 Å². The SMILES string of the molecule is CCCOc1c(Br)cc(C(=O)N2CC(CN)CC2C)cc1OC. The van der Waals surface area contributed by atoms with E-state index in [1.165, 1.54) is 0 Å². The van der Waals surface area contributed by atoms with Gasteiger partial charge in [-0.25, -0.2) is 0 Å². The summed E-state index contributed by atoms with van der Waals surface area (Å²) in [5, 5.41) is 0. The van der Waals surface area contributed by atoms with Crippen molar-refractivity contribution in [1.29, 1.82) is 0 Å². The van der Waals surface area contributed by atoms with Gasteiger partial charge in [0.1, 0.15) is 0 Å². The van der Waals surface area contributed by atoms with Crippen LogP contribution in [0.5, 0.6) is 11.5 Å². The van der Waals surface area contributed by atoms with Crippen LogP contribution < -0.4 is 15.2 Å². The first-order valence-electron chi connectivity index (χ1n) is 8.03. The summed E-state index contributed by atoms with van der Waals surface area (Å²) >= 11 is 3.49. The van der Waals surface area contributed by atoms with Crippen LogP contribution in [0.1, 0.15) is 37.0 Å². The molecule has 1 amide bonds. The van der Waals surface area contributed by atoms with Crippen LogP contribution in [0.15, 0.2) is 16.6 Å². The lowest BCUT2D eigenvalue weighted by Gasteiger charge is -2.22. The zero-order valence-corrected chi connectivity index (χ0v) is 15.6. The Morgan fingerprint density at radius 2 is 2.22 bits per heavy atom. The minimum atomic E-state index is 0.00879. The second kappa shape index (κ2) is 8.02. The molecule has 5 nitrogen and oxygen atoms in total. The first kappa shape index (κ1) is 18.1. The average molecular weight is 385 g/mol. The number of hydrogen-bond donors (Lipinski definition) is 1. The van der Waals surface area contributed by atoms with Gasteiger partial charge in [0.2, 0.25) is 0 Å². The number of likely N-dealkylation sites (tertiary alicyclic amines) is 1. The maximum atomic E-state index is 12.8. The Morgan fingerprint density at radius 1 is 1.48 bits per heavy atom. The van der Waals surface area contributed by atoms with Gasteiger partial charge in [-0.2, -0.15) is 0 Å². The van der Waals surface area contributed by atoms with Crippen molar-refractivity contribution in [1.82, 2.24) is 4.90 Å². The number of ether oxygens (including phenoxy) is 2. The second-order valence-electron chi connectivity index (χ2n) is 5.98. The Kier molecular flexibility index (Phi) is 6.30. The third-order valence-electron chi connectivity index (χ3n) is 4.18. The second-order valence-corrected chi connectivity index (χ2v) is 6.84. The van der Waals surface area contributed by atoms with Gasteiger partial charge in [-0.3, -0.25) is 4.79 Å². The molecule has 2 rings (SSSR count). The molecule has 0 radical (unpaired) electrons. The minimum Gasteiger partial charge on any atom is -0.493 e. The summed E-state index contributed by atoms with van der Waals surface area (Å²) < 4.78 is 11.8. The lowest BCUT2D eigenvalue weighted by atomic mass is 10.1. The smallest absolute Gasteiger partial charge is 0.254 e. The van der Waals surface area contributed by atoms with Crippen molar-refractivity contribution in [3.05, 3.63) is 22.2 Å². The van der Waals surface area contributed by atoms with Gasteiger partial charge in [0.15, 0.2) is 11.5 Å². The first-order valence-corrected chi connectivity index (χ1v) is 8.82. The van der Waals surface area contributed by atoms with E-state index < -0.39 is 0 Å². The molecular weight excluding hydrogens is 360 g/mol. The molecule has 0 spiro atoms. The molecule has 2 atom stereocenters. The molecule has 6 heteroatoms. The van der Waals surface area contributed by atoms with E-state index in [2.05, 4.69) is 22.9 Å². The molecule has 0 aromatic heterocycles. The molecule has 2 N–H and O–H groups in total. The number of nitrogens with zero attached hydrogens (tertiary/aromatic N) is 1. The van der Waals surface area contributed by atoms with Crippen molar-refractivity contribution in [3.63, 3.8) is 0 Å². The monoisotopic (exact) mass is 384 g/mol. The van der Waals surface area contributed by atoms with Crippen LogP contribution in [0.2, 0.25) is 0 Å². The van der Waals surface area contributed by atoms with Crippen molar-refractivity contribution in [3.8, 4) is 11.5 Å². The number of methoxy groups -OCH3 is 1. The highest BCUT2D eigenvalue weighted by molar-refractivity contribution is 9.10. The third-order valence-corrected chi connectivity index (χ3v) is 4.77. The molecule has 0 bridgehead atoms. The molecule has 2 unspecified atom stereocenters. The topological polar surface area (TPSA) is 64.8 Å². The average Bonchev–Trinajstić information content (AvgIpc) is 2.93. The number of rotatable bonds is 6. The normalized spacial score (nSPS) is 20.7. The minimum absolute atomic E-state index is 0.00879. The Balaban J connectivity index is 2.26. The van der Waals surface area contributed by atoms with Gasteiger partial charge in [-0.1, -0.05) is 6.92 Å².